The molecule has 4 aliphatic rings. The Balaban J connectivity index is 1.33. The van der Waals surface area contributed by atoms with Crippen LogP contribution in [0.5, 0.6) is 0 Å². The lowest BCUT2D eigenvalue weighted by atomic mass is 9.50. The van der Waals surface area contributed by atoms with E-state index in [4.69, 9.17) is 0 Å². The molecule has 2 atom stereocenters. The fourth-order valence-corrected chi connectivity index (χ4v) is 6.82. The molecular weight excluding hydrogens is 350 g/mol. The number of amides is 1. The number of hydrogen-bond acceptors (Lipinski definition) is 6. The minimum absolute atomic E-state index is 0.0652. The summed E-state index contributed by atoms with van der Waals surface area (Å²) in [7, 11) is 0. The monoisotopic (exact) mass is 369 g/mol. The van der Waals surface area contributed by atoms with Gasteiger partial charge >= 0.3 is 0 Å². The van der Waals surface area contributed by atoms with Crippen molar-refractivity contribution in [1.29, 1.82) is 0 Å². The Kier molecular flexibility index (Phi) is 2.80. The minimum Gasteiger partial charge on any atom is -0.345 e. The molecule has 4 bridgehead atoms. The van der Waals surface area contributed by atoms with Crippen LogP contribution >= 0.6 is 11.3 Å². The molecule has 3 aromatic heterocycles. The van der Waals surface area contributed by atoms with E-state index >= 15 is 0 Å². The van der Waals surface area contributed by atoms with E-state index in [0.717, 1.165) is 37.1 Å². The van der Waals surface area contributed by atoms with E-state index in [0.29, 0.717) is 17.5 Å². The predicted molar refractivity (Wildman–Crippen MR) is 93.7 cm³/mol. The first-order chi connectivity index (χ1) is 12.6. The van der Waals surface area contributed by atoms with Crippen molar-refractivity contribution in [1.82, 2.24) is 34.9 Å². The van der Waals surface area contributed by atoms with Crippen LogP contribution in [0.1, 0.15) is 49.0 Å². The number of hydrogen-bond donors (Lipinski definition) is 1. The quantitative estimate of drug-likeness (QED) is 0.761. The Labute approximate surface area is 153 Å². The van der Waals surface area contributed by atoms with Crippen molar-refractivity contribution in [2.75, 3.05) is 0 Å². The lowest BCUT2D eigenvalue weighted by molar-refractivity contribution is -0.0810. The number of nitrogens with zero attached hydrogens (tertiary/aromatic N) is 6. The first-order valence-corrected chi connectivity index (χ1v) is 9.99. The van der Waals surface area contributed by atoms with E-state index < -0.39 is 0 Å². The standard InChI is InChI=1S/C17H19N7OS/c25-14(13-8-23-1-2-26-15(23)20-13)21-16-4-11-3-12(5-16)7-17(6-11,9-16)24-19-10-18-22-24/h1-2,8,10-12H,3-7,9H2,(H,21,25)/t11-,12-,16?,17?/m0/s1. The summed E-state index contributed by atoms with van der Waals surface area (Å²) in [5.41, 5.74) is 0.231. The Hall–Kier alpha value is -2.29. The Bertz CT molecular complexity index is 948. The second-order valence-corrected chi connectivity index (χ2v) is 9.24. The summed E-state index contributed by atoms with van der Waals surface area (Å²) >= 11 is 1.54. The minimum atomic E-state index is -0.175. The summed E-state index contributed by atoms with van der Waals surface area (Å²) in [5, 5.41) is 17.9. The Morgan fingerprint density at radius 2 is 2.12 bits per heavy atom. The smallest absolute Gasteiger partial charge is 0.271 e. The van der Waals surface area contributed by atoms with Crippen LogP contribution in [0.3, 0.4) is 0 Å². The molecule has 8 nitrogen and oxygen atoms in total. The van der Waals surface area contributed by atoms with Crippen molar-refractivity contribution in [3.8, 4) is 0 Å². The molecule has 0 saturated heterocycles. The third kappa shape index (κ3) is 2.03. The van der Waals surface area contributed by atoms with Crippen LogP contribution in [0, 0.1) is 11.8 Å². The second kappa shape index (κ2) is 4.91. The van der Waals surface area contributed by atoms with Crippen LogP contribution < -0.4 is 5.32 Å². The molecule has 3 heterocycles. The summed E-state index contributed by atoms with van der Waals surface area (Å²) in [4.78, 5) is 20.1. The fraction of sp³-hybridized carbons (Fsp3) is 0.588. The largest absolute Gasteiger partial charge is 0.345 e. The molecule has 7 rings (SSSR count). The van der Waals surface area contributed by atoms with Gasteiger partial charge in [0.15, 0.2) is 11.3 Å². The lowest BCUT2D eigenvalue weighted by Crippen LogP contribution is -2.66. The zero-order valence-electron chi connectivity index (χ0n) is 14.2. The summed E-state index contributed by atoms with van der Waals surface area (Å²) in [6.45, 7) is 0. The van der Waals surface area contributed by atoms with Crippen molar-refractivity contribution in [3.05, 3.63) is 29.8 Å². The molecular formula is C17H19N7OS. The number of imidazole rings is 1. The summed E-state index contributed by atoms with van der Waals surface area (Å²) in [6, 6.07) is 0. The maximum atomic E-state index is 13.0. The molecule has 0 aliphatic heterocycles. The third-order valence-corrected chi connectivity index (χ3v) is 7.28. The predicted octanol–water partition coefficient (Wildman–Crippen LogP) is 1.86. The first kappa shape index (κ1) is 14.8. The molecule has 26 heavy (non-hydrogen) atoms. The third-order valence-electron chi connectivity index (χ3n) is 6.51. The first-order valence-electron chi connectivity index (χ1n) is 9.11. The van der Waals surface area contributed by atoms with Crippen LogP contribution in [0.4, 0.5) is 0 Å². The molecule has 4 aliphatic carbocycles. The number of nitrogens with one attached hydrogen (secondary N) is 1. The molecule has 134 valence electrons. The van der Waals surface area contributed by atoms with Gasteiger partial charge in [-0.3, -0.25) is 9.20 Å². The van der Waals surface area contributed by atoms with Crippen LogP contribution in [0.15, 0.2) is 24.1 Å². The maximum absolute atomic E-state index is 13.0. The van der Waals surface area contributed by atoms with E-state index in [1.54, 1.807) is 0 Å². The van der Waals surface area contributed by atoms with Crippen LogP contribution in [-0.4, -0.2) is 41.0 Å². The molecule has 4 fully saturated rings. The van der Waals surface area contributed by atoms with Gasteiger partial charge in [0, 0.05) is 23.3 Å². The van der Waals surface area contributed by atoms with Crippen molar-refractivity contribution in [2.24, 2.45) is 11.8 Å². The summed E-state index contributed by atoms with van der Waals surface area (Å²) in [5.74, 6) is 1.17. The van der Waals surface area contributed by atoms with Crippen LogP contribution in [0.25, 0.3) is 4.96 Å². The van der Waals surface area contributed by atoms with Crippen molar-refractivity contribution in [2.45, 2.75) is 49.6 Å². The Morgan fingerprint density at radius 3 is 2.85 bits per heavy atom. The highest BCUT2D eigenvalue weighted by molar-refractivity contribution is 7.15. The van der Waals surface area contributed by atoms with Gasteiger partial charge in [-0.2, -0.15) is 4.80 Å². The fourth-order valence-electron chi connectivity index (χ4n) is 6.12. The van der Waals surface area contributed by atoms with Gasteiger partial charge in [-0.1, -0.05) is 0 Å². The molecule has 9 heteroatoms. The summed E-state index contributed by atoms with van der Waals surface area (Å²) in [6.07, 6.45) is 11.7. The van der Waals surface area contributed by atoms with Crippen molar-refractivity contribution in [3.63, 3.8) is 0 Å². The van der Waals surface area contributed by atoms with Crippen LogP contribution in [-0.2, 0) is 5.54 Å². The van der Waals surface area contributed by atoms with Crippen molar-refractivity contribution < 1.29 is 4.79 Å². The van der Waals surface area contributed by atoms with Gasteiger partial charge in [0.2, 0.25) is 0 Å². The molecule has 0 spiro atoms. The van der Waals surface area contributed by atoms with Gasteiger partial charge in [0.25, 0.3) is 5.91 Å². The highest BCUT2D eigenvalue weighted by Crippen LogP contribution is 2.60. The van der Waals surface area contributed by atoms with E-state index in [1.807, 2.05) is 27.0 Å². The normalized spacial score (nSPS) is 35.2. The number of carbonyl (C=O) groups is 1. The SMILES string of the molecule is O=C(NC12C[C@@H]3C[C@@H](C1)CC(n1ncnn1)(C3)C2)c1cn2ccsc2n1. The molecule has 0 aromatic carbocycles. The van der Waals surface area contributed by atoms with Gasteiger partial charge in [0.05, 0.1) is 5.54 Å². The van der Waals surface area contributed by atoms with Gasteiger partial charge in [-0.15, -0.1) is 21.5 Å². The number of carbonyl (C=O) groups excluding carboxylic acids is 1. The van der Waals surface area contributed by atoms with Gasteiger partial charge in [-0.25, -0.2) is 4.98 Å². The van der Waals surface area contributed by atoms with Gasteiger partial charge < -0.3 is 5.32 Å². The highest BCUT2D eigenvalue weighted by Gasteiger charge is 2.60. The molecule has 0 radical (unpaired) electrons. The summed E-state index contributed by atoms with van der Waals surface area (Å²) < 4.78 is 1.90. The average Bonchev–Trinajstić information content (AvgIpc) is 3.30. The van der Waals surface area contributed by atoms with E-state index in [9.17, 15) is 4.79 Å². The second-order valence-electron chi connectivity index (χ2n) is 8.36. The topological polar surface area (TPSA) is 90.0 Å². The van der Waals surface area contributed by atoms with Gasteiger partial charge in [0.1, 0.15) is 5.69 Å². The molecule has 1 N–H and O–H groups in total. The van der Waals surface area contributed by atoms with Gasteiger partial charge in [-0.05, 0) is 55.6 Å². The van der Waals surface area contributed by atoms with Crippen molar-refractivity contribution >= 4 is 22.2 Å². The average molecular weight is 369 g/mol. The molecule has 4 saturated carbocycles. The van der Waals surface area contributed by atoms with E-state index in [-0.39, 0.29) is 17.0 Å². The van der Waals surface area contributed by atoms with E-state index in [1.165, 1.54) is 24.1 Å². The zero-order chi connectivity index (χ0) is 17.4. The number of fused-ring (bicyclic) bond motifs is 1. The molecule has 0 unspecified atom stereocenters. The van der Waals surface area contributed by atoms with E-state index in [2.05, 4.69) is 25.7 Å². The molecule has 3 aromatic rings. The lowest BCUT2D eigenvalue weighted by Gasteiger charge is -2.61. The number of rotatable bonds is 3. The number of tetrazole rings is 1. The highest BCUT2D eigenvalue weighted by atomic mass is 32.1. The number of thiazole rings is 1. The maximum Gasteiger partial charge on any atom is 0.271 e. The Morgan fingerprint density at radius 1 is 1.27 bits per heavy atom. The zero-order valence-corrected chi connectivity index (χ0v) is 15.0. The molecule has 1 amide bonds. The number of aromatic nitrogens is 6. The van der Waals surface area contributed by atoms with Crippen LogP contribution in [0.2, 0.25) is 0 Å².